The van der Waals surface area contributed by atoms with E-state index in [1.165, 1.54) is 0 Å². The number of nitrogens with zero attached hydrogens (tertiary/aromatic N) is 1. The number of ether oxygens (including phenoxy) is 1. The summed E-state index contributed by atoms with van der Waals surface area (Å²) in [5, 5.41) is 3.14. The van der Waals surface area contributed by atoms with Gasteiger partial charge in [-0.3, -0.25) is 0 Å². The molecular formula is C13H21N3O2. The smallest absolute Gasteiger partial charge is 0.340 e. The standard InChI is InChI=1S/C13H21N3O2/c1-4-18-13(17)10-6-8-16-12(11(10)14)15-7-5-9(2)3/h6,8-9H,4-5,7,14H2,1-3H3,(H,15,16). The molecule has 0 aromatic carbocycles. The van der Waals surface area contributed by atoms with Crippen molar-refractivity contribution in [1.29, 1.82) is 0 Å². The Morgan fingerprint density at radius 3 is 2.89 bits per heavy atom. The van der Waals surface area contributed by atoms with Crippen molar-refractivity contribution in [2.75, 3.05) is 24.2 Å². The van der Waals surface area contributed by atoms with Crippen LogP contribution >= 0.6 is 0 Å². The first-order chi connectivity index (χ1) is 8.56. The lowest BCUT2D eigenvalue weighted by atomic mass is 10.1. The van der Waals surface area contributed by atoms with Crippen LogP contribution < -0.4 is 11.1 Å². The average Bonchev–Trinajstić information content (AvgIpc) is 2.31. The van der Waals surface area contributed by atoms with Gasteiger partial charge in [-0.15, -0.1) is 0 Å². The van der Waals surface area contributed by atoms with Gasteiger partial charge in [-0.2, -0.15) is 0 Å². The molecule has 0 saturated heterocycles. The van der Waals surface area contributed by atoms with Crippen LogP contribution in [0.2, 0.25) is 0 Å². The quantitative estimate of drug-likeness (QED) is 0.758. The minimum absolute atomic E-state index is 0.330. The Morgan fingerprint density at radius 1 is 1.56 bits per heavy atom. The number of carbonyl (C=O) groups is 1. The fourth-order valence-electron chi connectivity index (χ4n) is 1.48. The van der Waals surface area contributed by atoms with Crippen molar-refractivity contribution in [3.63, 3.8) is 0 Å². The summed E-state index contributed by atoms with van der Waals surface area (Å²) in [4.78, 5) is 15.8. The first-order valence-corrected chi connectivity index (χ1v) is 6.21. The number of nitrogens with two attached hydrogens (primary N) is 1. The molecular weight excluding hydrogens is 230 g/mol. The maximum atomic E-state index is 11.6. The van der Waals surface area contributed by atoms with Crippen molar-refractivity contribution in [2.45, 2.75) is 27.2 Å². The molecule has 18 heavy (non-hydrogen) atoms. The molecule has 0 fully saturated rings. The summed E-state index contributed by atoms with van der Waals surface area (Å²) in [5.74, 6) is 0.734. The van der Waals surface area contributed by atoms with Crippen LogP contribution in [0.25, 0.3) is 0 Å². The molecule has 0 spiro atoms. The summed E-state index contributed by atoms with van der Waals surface area (Å²) >= 11 is 0. The van der Waals surface area contributed by atoms with E-state index in [1.54, 1.807) is 19.2 Å². The number of hydrogen-bond acceptors (Lipinski definition) is 5. The number of carbonyl (C=O) groups excluding carboxylic acids is 1. The molecule has 5 nitrogen and oxygen atoms in total. The Hall–Kier alpha value is -1.78. The largest absolute Gasteiger partial charge is 0.462 e. The minimum atomic E-state index is -0.413. The third-order valence-corrected chi connectivity index (χ3v) is 2.50. The van der Waals surface area contributed by atoms with Gasteiger partial charge < -0.3 is 15.8 Å². The van der Waals surface area contributed by atoms with E-state index in [0.717, 1.165) is 13.0 Å². The van der Waals surface area contributed by atoms with Gasteiger partial charge in [0, 0.05) is 12.7 Å². The molecule has 5 heteroatoms. The summed E-state index contributed by atoms with van der Waals surface area (Å²) in [6, 6.07) is 1.57. The van der Waals surface area contributed by atoms with E-state index in [2.05, 4.69) is 24.1 Å². The van der Waals surface area contributed by atoms with Crippen LogP contribution in [0.4, 0.5) is 11.5 Å². The van der Waals surface area contributed by atoms with Crippen LogP contribution in [0, 0.1) is 5.92 Å². The summed E-state index contributed by atoms with van der Waals surface area (Å²) in [7, 11) is 0. The third-order valence-electron chi connectivity index (χ3n) is 2.50. The first-order valence-electron chi connectivity index (χ1n) is 6.21. The predicted octanol–water partition coefficient (Wildman–Crippen LogP) is 2.30. The Balaban J connectivity index is 2.75. The highest BCUT2D eigenvalue weighted by molar-refractivity contribution is 5.97. The van der Waals surface area contributed by atoms with Crippen LogP contribution in [0.3, 0.4) is 0 Å². The van der Waals surface area contributed by atoms with E-state index in [4.69, 9.17) is 10.5 Å². The van der Waals surface area contributed by atoms with Gasteiger partial charge in [0.1, 0.15) is 5.82 Å². The van der Waals surface area contributed by atoms with E-state index in [9.17, 15) is 4.79 Å². The van der Waals surface area contributed by atoms with Gasteiger partial charge >= 0.3 is 5.97 Å². The number of nitrogen functional groups attached to an aromatic ring is 1. The number of anilines is 2. The van der Waals surface area contributed by atoms with Crippen molar-refractivity contribution in [2.24, 2.45) is 5.92 Å². The minimum Gasteiger partial charge on any atom is -0.462 e. The van der Waals surface area contributed by atoms with Crippen LogP contribution in [0.1, 0.15) is 37.6 Å². The molecule has 1 heterocycles. The van der Waals surface area contributed by atoms with Gasteiger partial charge in [-0.25, -0.2) is 9.78 Å². The summed E-state index contributed by atoms with van der Waals surface area (Å²) in [6.07, 6.45) is 2.57. The number of esters is 1. The molecule has 0 radical (unpaired) electrons. The number of aromatic nitrogens is 1. The topological polar surface area (TPSA) is 77.2 Å². The molecule has 1 aromatic rings. The second kappa shape index (κ2) is 6.83. The zero-order chi connectivity index (χ0) is 13.5. The van der Waals surface area contributed by atoms with Crippen molar-refractivity contribution < 1.29 is 9.53 Å². The van der Waals surface area contributed by atoms with Crippen molar-refractivity contribution in [3.05, 3.63) is 17.8 Å². The van der Waals surface area contributed by atoms with Crippen LogP contribution in [-0.4, -0.2) is 24.1 Å². The highest BCUT2D eigenvalue weighted by Crippen LogP contribution is 2.20. The molecule has 0 unspecified atom stereocenters. The highest BCUT2D eigenvalue weighted by atomic mass is 16.5. The van der Waals surface area contributed by atoms with E-state index in [-0.39, 0.29) is 0 Å². The number of nitrogens with one attached hydrogen (secondary N) is 1. The Labute approximate surface area is 108 Å². The molecule has 3 N–H and O–H groups in total. The second-order valence-electron chi connectivity index (χ2n) is 4.45. The highest BCUT2D eigenvalue weighted by Gasteiger charge is 2.14. The van der Waals surface area contributed by atoms with Crippen molar-refractivity contribution in [3.8, 4) is 0 Å². The fraction of sp³-hybridized carbons (Fsp3) is 0.538. The Morgan fingerprint density at radius 2 is 2.28 bits per heavy atom. The molecule has 100 valence electrons. The van der Waals surface area contributed by atoms with Gasteiger partial charge in [-0.1, -0.05) is 13.8 Å². The molecule has 0 aliphatic heterocycles. The van der Waals surface area contributed by atoms with Crippen LogP contribution in [0.5, 0.6) is 0 Å². The third kappa shape index (κ3) is 3.91. The molecule has 0 bridgehead atoms. The van der Waals surface area contributed by atoms with Gasteiger partial charge in [-0.05, 0) is 25.3 Å². The molecule has 1 rings (SSSR count). The lowest BCUT2D eigenvalue weighted by molar-refractivity contribution is 0.0527. The van der Waals surface area contributed by atoms with Crippen molar-refractivity contribution >= 4 is 17.5 Å². The van der Waals surface area contributed by atoms with Gasteiger partial charge in [0.15, 0.2) is 0 Å². The first kappa shape index (κ1) is 14.3. The molecule has 1 aromatic heterocycles. The summed E-state index contributed by atoms with van der Waals surface area (Å²) in [6.45, 7) is 7.16. The maximum absolute atomic E-state index is 11.6. The second-order valence-corrected chi connectivity index (χ2v) is 4.45. The molecule has 0 aliphatic carbocycles. The van der Waals surface area contributed by atoms with Gasteiger partial charge in [0.05, 0.1) is 17.9 Å². The average molecular weight is 251 g/mol. The van der Waals surface area contributed by atoms with Crippen molar-refractivity contribution in [1.82, 2.24) is 4.98 Å². The Bertz CT molecular complexity index is 405. The lowest BCUT2D eigenvalue weighted by Crippen LogP contribution is -2.13. The van der Waals surface area contributed by atoms with Crippen LogP contribution in [0.15, 0.2) is 12.3 Å². The van der Waals surface area contributed by atoms with E-state index >= 15 is 0 Å². The maximum Gasteiger partial charge on any atom is 0.340 e. The molecule has 0 saturated carbocycles. The number of hydrogen-bond donors (Lipinski definition) is 2. The van der Waals surface area contributed by atoms with E-state index in [1.807, 2.05) is 0 Å². The lowest BCUT2D eigenvalue weighted by Gasteiger charge is -2.12. The van der Waals surface area contributed by atoms with E-state index in [0.29, 0.717) is 29.6 Å². The Kier molecular flexibility index (Phi) is 5.42. The molecule has 0 atom stereocenters. The molecule has 0 aliphatic rings. The van der Waals surface area contributed by atoms with Gasteiger partial charge in [0.25, 0.3) is 0 Å². The molecule has 0 amide bonds. The van der Waals surface area contributed by atoms with Gasteiger partial charge in [0.2, 0.25) is 0 Å². The van der Waals surface area contributed by atoms with Crippen LogP contribution in [-0.2, 0) is 4.74 Å². The monoisotopic (exact) mass is 251 g/mol. The zero-order valence-corrected chi connectivity index (χ0v) is 11.2. The number of pyridine rings is 1. The normalized spacial score (nSPS) is 10.4. The summed E-state index contributed by atoms with van der Waals surface area (Å²) in [5.41, 5.74) is 6.61. The fourth-order valence-corrected chi connectivity index (χ4v) is 1.48. The number of rotatable bonds is 6. The zero-order valence-electron chi connectivity index (χ0n) is 11.2. The van der Waals surface area contributed by atoms with E-state index < -0.39 is 5.97 Å². The summed E-state index contributed by atoms with van der Waals surface area (Å²) < 4.78 is 4.93. The SMILES string of the molecule is CCOC(=O)c1ccnc(NCCC(C)C)c1N. The predicted molar refractivity (Wildman–Crippen MR) is 72.6 cm³/mol.